The van der Waals surface area contributed by atoms with E-state index in [0.717, 1.165) is 12.8 Å². The van der Waals surface area contributed by atoms with Gasteiger partial charge in [-0.3, -0.25) is 4.79 Å². The summed E-state index contributed by atoms with van der Waals surface area (Å²) < 4.78 is 46.7. The number of hydrogen-bond acceptors (Lipinski definition) is 4. The molecule has 0 unspecified atom stereocenters. The summed E-state index contributed by atoms with van der Waals surface area (Å²) in [5.74, 6) is 0.149. The number of amides is 1. The van der Waals surface area contributed by atoms with Crippen LogP contribution in [0.25, 0.3) is 0 Å². The summed E-state index contributed by atoms with van der Waals surface area (Å²) >= 11 is 5.83. The monoisotopic (exact) mass is 360 g/mol. The molecule has 1 saturated carbocycles. The number of ether oxygens (including phenoxy) is 1. The summed E-state index contributed by atoms with van der Waals surface area (Å²) in [4.78, 5) is 12.2. The van der Waals surface area contributed by atoms with Crippen molar-refractivity contribution in [3.63, 3.8) is 0 Å². The number of carbonyl (C=O) groups excluding carboxylic acids is 1. The van der Waals surface area contributed by atoms with Crippen LogP contribution < -0.4 is 10.1 Å². The molecule has 0 spiro atoms. The normalized spacial score (nSPS) is 14.5. The van der Waals surface area contributed by atoms with E-state index in [0.29, 0.717) is 5.76 Å². The molecule has 0 bridgehead atoms. The molecule has 1 N–H and O–H groups in total. The van der Waals surface area contributed by atoms with Gasteiger partial charge in [-0.25, -0.2) is 0 Å². The molecule has 1 aromatic carbocycles. The van der Waals surface area contributed by atoms with Crippen molar-refractivity contribution in [2.24, 2.45) is 0 Å². The van der Waals surface area contributed by atoms with E-state index in [9.17, 15) is 18.0 Å². The maximum Gasteiger partial charge on any atom is 0.422 e. The molecule has 1 aliphatic carbocycles. The van der Waals surface area contributed by atoms with Gasteiger partial charge in [-0.15, -0.1) is 0 Å². The van der Waals surface area contributed by atoms with Gasteiger partial charge in [-0.1, -0.05) is 16.8 Å². The highest BCUT2D eigenvalue weighted by molar-refractivity contribution is 6.31. The lowest BCUT2D eigenvalue weighted by Crippen LogP contribution is -2.20. The predicted molar refractivity (Wildman–Crippen MR) is 79.4 cm³/mol. The number of halogens is 4. The van der Waals surface area contributed by atoms with Gasteiger partial charge in [0.2, 0.25) is 0 Å². The largest absolute Gasteiger partial charge is 0.482 e. The molecule has 128 valence electrons. The molecule has 5 nitrogen and oxygen atoms in total. The molecular weight excluding hydrogens is 349 g/mol. The Labute approximate surface area is 139 Å². The van der Waals surface area contributed by atoms with E-state index in [1.165, 1.54) is 24.3 Å². The number of benzene rings is 1. The van der Waals surface area contributed by atoms with Crippen LogP contribution in [0, 0.1) is 0 Å². The fourth-order valence-electron chi connectivity index (χ4n) is 2.03. The van der Waals surface area contributed by atoms with Crippen LogP contribution in [-0.4, -0.2) is 23.8 Å². The third kappa shape index (κ3) is 4.19. The highest BCUT2D eigenvalue weighted by Crippen LogP contribution is 2.40. The minimum absolute atomic E-state index is 0.0210. The van der Waals surface area contributed by atoms with Crippen molar-refractivity contribution in [2.45, 2.75) is 24.9 Å². The Hall–Kier alpha value is -2.22. The molecule has 0 aliphatic heterocycles. The van der Waals surface area contributed by atoms with Crippen LogP contribution in [0.15, 0.2) is 28.8 Å². The maximum atomic E-state index is 12.3. The second-order valence-corrected chi connectivity index (χ2v) is 5.82. The Balaban J connectivity index is 1.74. The van der Waals surface area contributed by atoms with Crippen molar-refractivity contribution in [3.05, 3.63) is 40.7 Å². The zero-order valence-corrected chi connectivity index (χ0v) is 12.9. The van der Waals surface area contributed by atoms with Crippen LogP contribution >= 0.6 is 11.6 Å². The number of nitrogens with one attached hydrogen (secondary N) is 1. The molecular formula is C15H12ClF3N2O3. The molecule has 1 fully saturated rings. The summed E-state index contributed by atoms with van der Waals surface area (Å²) in [7, 11) is 0. The SMILES string of the molecule is O=C(Nc1cc(Cl)ccc1OCC(F)(F)F)c1cc(C2CC2)on1. The van der Waals surface area contributed by atoms with Crippen molar-refractivity contribution >= 4 is 23.2 Å². The third-order valence-electron chi connectivity index (χ3n) is 3.32. The standard InChI is InChI=1S/C15H12ClF3N2O3/c16-9-3-4-12(23-7-15(17,18)19)10(5-9)20-14(22)11-6-13(24-21-11)8-1-2-8/h3-6,8H,1-2,7H2,(H,20,22). The lowest BCUT2D eigenvalue weighted by Gasteiger charge is -2.13. The molecule has 3 rings (SSSR count). The maximum absolute atomic E-state index is 12.3. The Morgan fingerprint density at radius 3 is 2.79 bits per heavy atom. The fourth-order valence-corrected chi connectivity index (χ4v) is 2.20. The number of nitrogens with zero attached hydrogens (tertiary/aromatic N) is 1. The second kappa shape index (κ2) is 6.35. The van der Waals surface area contributed by atoms with Crippen LogP contribution in [0.1, 0.15) is 35.0 Å². The summed E-state index contributed by atoms with van der Waals surface area (Å²) in [6.07, 6.45) is -2.52. The van der Waals surface area contributed by atoms with Gasteiger partial charge in [0.15, 0.2) is 12.3 Å². The van der Waals surface area contributed by atoms with Gasteiger partial charge >= 0.3 is 6.18 Å². The van der Waals surface area contributed by atoms with Crippen molar-refractivity contribution in [1.82, 2.24) is 5.16 Å². The number of hydrogen-bond donors (Lipinski definition) is 1. The average Bonchev–Trinajstić information content (AvgIpc) is 3.22. The van der Waals surface area contributed by atoms with E-state index in [2.05, 4.69) is 10.5 Å². The van der Waals surface area contributed by atoms with E-state index < -0.39 is 18.7 Å². The first-order valence-electron chi connectivity index (χ1n) is 7.09. The topological polar surface area (TPSA) is 64.4 Å². The van der Waals surface area contributed by atoms with E-state index in [1.54, 1.807) is 0 Å². The van der Waals surface area contributed by atoms with Crippen LogP contribution in [0.2, 0.25) is 5.02 Å². The smallest absolute Gasteiger partial charge is 0.422 e. The first-order valence-corrected chi connectivity index (χ1v) is 7.47. The Morgan fingerprint density at radius 1 is 1.38 bits per heavy atom. The van der Waals surface area contributed by atoms with Crippen molar-refractivity contribution in [3.8, 4) is 5.75 Å². The first-order chi connectivity index (χ1) is 11.3. The Bertz CT molecular complexity index is 757. The van der Waals surface area contributed by atoms with Gasteiger partial charge in [-0.05, 0) is 31.0 Å². The van der Waals surface area contributed by atoms with Gasteiger partial charge < -0.3 is 14.6 Å². The van der Waals surface area contributed by atoms with Gasteiger partial charge in [-0.2, -0.15) is 13.2 Å². The third-order valence-corrected chi connectivity index (χ3v) is 3.56. The van der Waals surface area contributed by atoms with Gasteiger partial charge in [0.25, 0.3) is 5.91 Å². The molecule has 1 heterocycles. The number of aromatic nitrogens is 1. The van der Waals surface area contributed by atoms with Crippen molar-refractivity contribution in [2.75, 3.05) is 11.9 Å². The van der Waals surface area contributed by atoms with Crippen LogP contribution in [-0.2, 0) is 0 Å². The van der Waals surface area contributed by atoms with E-state index in [4.69, 9.17) is 20.9 Å². The second-order valence-electron chi connectivity index (χ2n) is 5.39. The molecule has 1 aromatic heterocycles. The number of alkyl halides is 3. The summed E-state index contributed by atoms with van der Waals surface area (Å²) in [5, 5.41) is 6.35. The number of anilines is 1. The Kier molecular flexibility index (Phi) is 4.40. The molecule has 0 radical (unpaired) electrons. The summed E-state index contributed by atoms with van der Waals surface area (Å²) in [6.45, 7) is -1.48. The molecule has 0 saturated heterocycles. The quantitative estimate of drug-likeness (QED) is 0.858. The number of carbonyl (C=O) groups is 1. The zero-order chi connectivity index (χ0) is 17.3. The molecule has 1 aliphatic rings. The van der Waals surface area contributed by atoms with Crippen LogP contribution in [0.3, 0.4) is 0 Å². The van der Waals surface area contributed by atoms with E-state index in [1.807, 2.05) is 0 Å². The zero-order valence-electron chi connectivity index (χ0n) is 12.2. The van der Waals surface area contributed by atoms with Crippen molar-refractivity contribution < 1.29 is 27.2 Å². The minimum atomic E-state index is -4.49. The van der Waals surface area contributed by atoms with Gasteiger partial charge in [0.1, 0.15) is 11.5 Å². The highest BCUT2D eigenvalue weighted by Gasteiger charge is 2.30. The van der Waals surface area contributed by atoms with Crippen LogP contribution in [0.5, 0.6) is 5.75 Å². The van der Waals surface area contributed by atoms with Crippen molar-refractivity contribution in [1.29, 1.82) is 0 Å². The van der Waals surface area contributed by atoms with Gasteiger partial charge in [0, 0.05) is 17.0 Å². The van der Waals surface area contributed by atoms with Crippen LogP contribution in [0.4, 0.5) is 18.9 Å². The average molecular weight is 361 g/mol. The predicted octanol–water partition coefficient (Wildman–Crippen LogP) is 4.40. The van der Waals surface area contributed by atoms with Gasteiger partial charge in [0.05, 0.1) is 5.69 Å². The van der Waals surface area contributed by atoms with E-state index in [-0.39, 0.29) is 28.1 Å². The first kappa shape index (κ1) is 16.6. The molecule has 1 amide bonds. The lowest BCUT2D eigenvalue weighted by atomic mass is 10.2. The fraction of sp³-hybridized carbons (Fsp3) is 0.333. The Morgan fingerprint density at radius 2 is 2.12 bits per heavy atom. The minimum Gasteiger partial charge on any atom is -0.482 e. The molecule has 9 heteroatoms. The summed E-state index contributed by atoms with van der Waals surface area (Å²) in [6, 6.07) is 5.44. The lowest BCUT2D eigenvalue weighted by molar-refractivity contribution is -0.153. The molecule has 2 aromatic rings. The van der Waals surface area contributed by atoms with E-state index >= 15 is 0 Å². The highest BCUT2D eigenvalue weighted by atomic mass is 35.5. The molecule has 24 heavy (non-hydrogen) atoms. The number of rotatable bonds is 5. The molecule has 0 atom stereocenters. The summed E-state index contributed by atoms with van der Waals surface area (Å²) in [5.41, 5.74) is 0.0615.